The van der Waals surface area contributed by atoms with Crippen molar-refractivity contribution in [2.75, 3.05) is 18.4 Å². The summed E-state index contributed by atoms with van der Waals surface area (Å²) in [5.74, 6) is 0.931. The first-order valence-corrected chi connectivity index (χ1v) is 10.2. The van der Waals surface area contributed by atoms with Gasteiger partial charge in [0.05, 0.1) is 16.6 Å². The minimum Gasteiger partial charge on any atom is -0.342 e. The molecule has 0 aliphatic carbocycles. The maximum absolute atomic E-state index is 13.1. The SMILES string of the molecule is Cc1ccc(C(=O)N2CC[C@@]3(C2)NCc2ccccc2NC3=NC(C)(C)C)cn1. The number of aryl methyl sites for hydroxylation is 1. The molecule has 1 spiro atoms. The Hall–Kier alpha value is -2.73. The van der Waals surface area contributed by atoms with Crippen molar-refractivity contribution in [1.29, 1.82) is 0 Å². The highest BCUT2D eigenvalue weighted by atomic mass is 16.2. The molecular weight excluding hydrogens is 362 g/mol. The van der Waals surface area contributed by atoms with Gasteiger partial charge < -0.3 is 10.2 Å². The number of nitrogens with zero attached hydrogens (tertiary/aromatic N) is 3. The fourth-order valence-electron chi connectivity index (χ4n) is 3.96. The number of likely N-dealkylation sites (tertiary alicyclic amines) is 1. The number of carbonyl (C=O) groups excluding carboxylic acids is 1. The molecule has 2 aliphatic heterocycles. The van der Waals surface area contributed by atoms with Crippen molar-refractivity contribution in [3.05, 3.63) is 59.4 Å². The Morgan fingerprint density at radius 2 is 2.00 bits per heavy atom. The topological polar surface area (TPSA) is 69.6 Å². The van der Waals surface area contributed by atoms with E-state index in [-0.39, 0.29) is 17.0 Å². The summed E-state index contributed by atoms with van der Waals surface area (Å²) < 4.78 is 0. The number of benzene rings is 1. The van der Waals surface area contributed by atoms with Crippen LogP contribution >= 0.6 is 0 Å². The van der Waals surface area contributed by atoms with Crippen molar-refractivity contribution in [2.45, 2.75) is 51.7 Å². The molecule has 1 fully saturated rings. The van der Waals surface area contributed by atoms with E-state index >= 15 is 0 Å². The van der Waals surface area contributed by atoms with E-state index in [1.165, 1.54) is 5.56 Å². The van der Waals surface area contributed by atoms with E-state index in [9.17, 15) is 4.79 Å². The number of para-hydroxylation sites is 1. The predicted octanol–water partition coefficient (Wildman–Crippen LogP) is 3.39. The molecule has 0 radical (unpaired) electrons. The van der Waals surface area contributed by atoms with Gasteiger partial charge in [-0.05, 0) is 57.9 Å². The van der Waals surface area contributed by atoms with Gasteiger partial charge in [-0.1, -0.05) is 18.2 Å². The summed E-state index contributed by atoms with van der Waals surface area (Å²) in [6, 6.07) is 12.0. The third kappa shape index (κ3) is 4.03. The van der Waals surface area contributed by atoms with Gasteiger partial charge in [-0.25, -0.2) is 0 Å². The van der Waals surface area contributed by atoms with Gasteiger partial charge in [-0.15, -0.1) is 0 Å². The number of hydrogen-bond donors (Lipinski definition) is 2. The minimum absolute atomic E-state index is 0.0213. The van der Waals surface area contributed by atoms with Crippen LogP contribution in [-0.2, 0) is 6.54 Å². The van der Waals surface area contributed by atoms with E-state index < -0.39 is 0 Å². The van der Waals surface area contributed by atoms with Crippen LogP contribution in [-0.4, -0.2) is 45.8 Å². The Balaban J connectivity index is 1.65. The highest BCUT2D eigenvalue weighted by Crippen LogP contribution is 2.31. The van der Waals surface area contributed by atoms with E-state index in [4.69, 9.17) is 4.99 Å². The first-order chi connectivity index (χ1) is 13.8. The summed E-state index contributed by atoms with van der Waals surface area (Å²) in [4.78, 5) is 24.3. The molecule has 152 valence electrons. The number of aliphatic imine (C=N–C) groups is 1. The zero-order valence-corrected chi connectivity index (χ0v) is 17.6. The smallest absolute Gasteiger partial charge is 0.255 e. The monoisotopic (exact) mass is 391 g/mol. The summed E-state index contributed by atoms with van der Waals surface area (Å²) in [5, 5.41) is 7.32. The van der Waals surface area contributed by atoms with Crippen LogP contribution in [0.5, 0.6) is 0 Å². The number of fused-ring (bicyclic) bond motifs is 1. The maximum atomic E-state index is 13.1. The van der Waals surface area contributed by atoms with Gasteiger partial charge in [0.2, 0.25) is 0 Å². The first-order valence-electron chi connectivity index (χ1n) is 10.2. The summed E-state index contributed by atoms with van der Waals surface area (Å²) in [5.41, 5.74) is 3.21. The Kier molecular flexibility index (Phi) is 4.90. The van der Waals surface area contributed by atoms with E-state index in [2.05, 4.69) is 54.6 Å². The Bertz CT molecular complexity index is 944. The molecule has 1 atom stereocenters. The molecule has 2 N–H and O–H groups in total. The largest absolute Gasteiger partial charge is 0.342 e. The summed E-state index contributed by atoms with van der Waals surface area (Å²) in [7, 11) is 0. The molecule has 3 heterocycles. The van der Waals surface area contributed by atoms with Crippen LogP contribution in [0.4, 0.5) is 5.69 Å². The fourth-order valence-corrected chi connectivity index (χ4v) is 3.96. The molecule has 2 aromatic rings. The van der Waals surface area contributed by atoms with Crippen LogP contribution in [0.15, 0.2) is 47.6 Å². The van der Waals surface area contributed by atoms with E-state index in [0.717, 1.165) is 30.2 Å². The van der Waals surface area contributed by atoms with Gasteiger partial charge in [-0.2, -0.15) is 0 Å². The molecule has 0 bridgehead atoms. The third-order valence-corrected chi connectivity index (χ3v) is 5.50. The highest BCUT2D eigenvalue weighted by Gasteiger charge is 2.46. The number of hydrogen-bond acceptors (Lipinski definition) is 4. The Labute approximate surface area is 172 Å². The summed E-state index contributed by atoms with van der Waals surface area (Å²) in [6.07, 6.45) is 2.48. The minimum atomic E-state index is -0.389. The van der Waals surface area contributed by atoms with Crippen molar-refractivity contribution < 1.29 is 4.79 Å². The second kappa shape index (κ2) is 7.26. The number of aromatic nitrogens is 1. The molecule has 0 saturated carbocycles. The van der Waals surface area contributed by atoms with Crippen LogP contribution in [0.2, 0.25) is 0 Å². The lowest BCUT2D eigenvalue weighted by atomic mass is 9.95. The lowest BCUT2D eigenvalue weighted by Gasteiger charge is -2.32. The zero-order chi connectivity index (χ0) is 20.6. The molecule has 1 aromatic carbocycles. The molecule has 1 saturated heterocycles. The standard InChI is InChI=1S/C23H29N5O/c1-16-9-10-18(13-24-16)20(29)28-12-11-23(15-28)21(27-22(2,3)4)26-19-8-6-5-7-17(19)14-25-23/h5-10,13,25H,11-12,14-15H2,1-4H3,(H,26,27)/t23-/m0/s1. The van der Waals surface area contributed by atoms with Crippen molar-refractivity contribution in [3.63, 3.8) is 0 Å². The fraction of sp³-hybridized carbons (Fsp3) is 0.435. The number of anilines is 1. The van der Waals surface area contributed by atoms with Gasteiger partial charge in [0.25, 0.3) is 5.91 Å². The number of rotatable bonds is 1. The molecule has 0 unspecified atom stereocenters. The molecule has 6 nitrogen and oxygen atoms in total. The molecule has 1 aromatic heterocycles. The zero-order valence-electron chi connectivity index (χ0n) is 17.6. The van der Waals surface area contributed by atoms with Gasteiger partial charge in [0.15, 0.2) is 0 Å². The van der Waals surface area contributed by atoms with E-state index in [0.29, 0.717) is 18.7 Å². The van der Waals surface area contributed by atoms with Crippen molar-refractivity contribution in [3.8, 4) is 0 Å². The van der Waals surface area contributed by atoms with Gasteiger partial charge in [0.1, 0.15) is 5.84 Å². The third-order valence-electron chi connectivity index (χ3n) is 5.50. The second-order valence-electron chi connectivity index (χ2n) is 9.01. The average Bonchev–Trinajstić information content (AvgIpc) is 3.05. The number of pyridine rings is 1. The number of amidine groups is 1. The number of nitrogens with one attached hydrogen (secondary N) is 2. The van der Waals surface area contributed by atoms with Crippen LogP contribution in [0.3, 0.4) is 0 Å². The molecule has 4 rings (SSSR count). The molecule has 6 heteroatoms. The first kappa shape index (κ1) is 19.6. The van der Waals surface area contributed by atoms with Crippen LogP contribution < -0.4 is 10.6 Å². The quantitative estimate of drug-likeness (QED) is 0.782. The average molecular weight is 392 g/mol. The Morgan fingerprint density at radius 1 is 1.21 bits per heavy atom. The van der Waals surface area contributed by atoms with Crippen molar-refractivity contribution in [2.24, 2.45) is 4.99 Å². The highest BCUT2D eigenvalue weighted by molar-refractivity contribution is 6.05. The van der Waals surface area contributed by atoms with Crippen molar-refractivity contribution >= 4 is 17.4 Å². The van der Waals surface area contributed by atoms with E-state index in [1.807, 2.05) is 30.0 Å². The van der Waals surface area contributed by atoms with Crippen LogP contribution in [0.25, 0.3) is 0 Å². The van der Waals surface area contributed by atoms with E-state index in [1.54, 1.807) is 6.20 Å². The lowest BCUT2D eigenvalue weighted by Crippen LogP contribution is -2.56. The summed E-state index contributed by atoms with van der Waals surface area (Å²) >= 11 is 0. The molecule has 29 heavy (non-hydrogen) atoms. The molecule has 2 aliphatic rings. The summed E-state index contributed by atoms with van der Waals surface area (Å²) in [6.45, 7) is 10.2. The van der Waals surface area contributed by atoms with Crippen LogP contribution in [0, 0.1) is 6.92 Å². The molecule has 1 amide bonds. The molecular formula is C23H29N5O. The lowest BCUT2D eigenvalue weighted by molar-refractivity contribution is 0.0785. The predicted molar refractivity (Wildman–Crippen MR) is 116 cm³/mol. The normalized spacial score (nSPS) is 23.0. The van der Waals surface area contributed by atoms with Crippen LogP contribution in [0.1, 0.15) is 48.8 Å². The van der Waals surface area contributed by atoms with Gasteiger partial charge in [-0.3, -0.25) is 20.1 Å². The number of amides is 1. The second-order valence-corrected chi connectivity index (χ2v) is 9.01. The van der Waals surface area contributed by atoms with Crippen molar-refractivity contribution in [1.82, 2.24) is 15.2 Å². The maximum Gasteiger partial charge on any atom is 0.255 e. The van der Waals surface area contributed by atoms with Gasteiger partial charge >= 0.3 is 0 Å². The number of carbonyl (C=O) groups is 1. The Morgan fingerprint density at radius 3 is 2.72 bits per heavy atom. The van der Waals surface area contributed by atoms with Gasteiger partial charge in [0, 0.05) is 37.2 Å².